The molecule has 2 aliphatic rings. The van der Waals surface area contributed by atoms with E-state index in [1.165, 1.54) is 45.1 Å². The third-order valence-corrected chi connectivity index (χ3v) is 4.73. The van der Waals surface area contributed by atoms with E-state index < -0.39 is 0 Å². The van der Waals surface area contributed by atoms with Gasteiger partial charge in [0.15, 0.2) is 0 Å². The molecule has 2 saturated carbocycles. The highest BCUT2D eigenvalue weighted by Crippen LogP contribution is 2.40. The highest BCUT2D eigenvalue weighted by Gasteiger charge is 2.38. The molecule has 0 aromatic carbocycles. The minimum atomic E-state index is 0.401. The number of rotatable bonds is 6. The van der Waals surface area contributed by atoms with Gasteiger partial charge in [0.2, 0.25) is 0 Å². The first-order valence-electron chi connectivity index (χ1n) is 7.24. The highest BCUT2D eigenvalue weighted by atomic mass is 15.2. The Balaban J connectivity index is 1.94. The minimum absolute atomic E-state index is 0.401. The lowest BCUT2D eigenvalue weighted by Crippen LogP contribution is -2.45. The number of nitrogens with two attached hydrogens (primary N) is 1. The summed E-state index contributed by atoms with van der Waals surface area (Å²) in [5.41, 5.74) is 6.50. The molecule has 0 aromatic rings. The maximum atomic E-state index is 6.10. The van der Waals surface area contributed by atoms with Gasteiger partial charge in [-0.15, -0.1) is 6.58 Å². The quantitative estimate of drug-likeness (QED) is 0.719. The van der Waals surface area contributed by atoms with E-state index >= 15 is 0 Å². The van der Waals surface area contributed by atoms with Crippen molar-refractivity contribution in [2.75, 3.05) is 19.6 Å². The molecule has 0 saturated heterocycles. The van der Waals surface area contributed by atoms with E-state index in [-0.39, 0.29) is 0 Å². The van der Waals surface area contributed by atoms with Crippen LogP contribution in [-0.4, -0.2) is 30.6 Å². The second-order valence-corrected chi connectivity index (χ2v) is 6.34. The second kappa shape index (κ2) is 5.53. The van der Waals surface area contributed by atoms with Crippen molar-refractivity contribution in [1.29, 1.82) is 0 Å². The fourth-order valence-electron chi connectivity index (χ4n) is 3.18. The molecule has 0 radical (unpaired) electrons. The van der Waals surface area contributed by atoms with E-state index in [0.717, 1.165) is 25.0 Å². The molecule has 0 bridgehead atoms. The van der Waals surface area contributed by atoms with Gasteiger partial charge in [-0.3, -0.25) is 4.90 Å². The maximum Gasteiger partial charge on any atom is 0.0163 e. The molecule has 0 aliphatic heterocycles. The van der Waals surface area contributed by atoms with Crippen molar-refractivity contribution in [2.24, 2.45) is 17.1 Å². The molecular weight excluding hydrogens is 208 g/mol. The summed E-state index contributed by atoms with van der Waals surface area (Å²) in [5.74, 6) is 0.906. The molecule has 98 valence electrons. The summed E-state index contributed by atoms with van der Waals surface area (Å²) >= 11 is 0. The summed E-state index contributed by atoms with van der Waals surface area (Å²) in [4.78, 5) is 2.62. The first-order chi connectivity index (χ1) is 8.19. The normalized spacial score (nSPS) is 33.9. The molecular formula is C15H28N2. The van der Waals surface area contributed by atoms with Gasteiger partial charge in [0.25, 0.3) is 0 Å². The summed E-state index contributed by atoms with van der Waals surface area (Å²) in [7, 11) is 0. The molecule has 0 aromatic heterocycles. The zero-order valence-electron chi connectivity index (χ0n) is 11.3. The van der Waals surface area contributed by atoms with Crippen molar-refractivity contribution >= 4 is 0 Å². The molecule has 0 heterocycles. The Bertz CT molecular complexity index is 250. The summed E-state index contributed by atoms with van der Waals surface area (Å²) in [5, 5.41) is 0. The minimum Gasteiger partial charge on any atom is -0.330 e. The lowest BCUT2D eigenvalue weighted by atomic mass is 9.70. The Labute approximate surface area is 106 Å². The molecule has 2 N–H and O–H groups in total. The van der Waals surface area contributed by atoms with Gasteiger partial charge in [-0.2, -0.15) is 0 Å². The average molecular weight is 236 g/mol. The van der Waals surface area contributed by atoms with Gasteiger partial charge in [-0.05, 0) is 43.6 Å². The molecule has 2 aliphatic carbocycles. The van der Waals surface area contributed by atoms with Gasteiger partial charge in [0, 0.05) is 19.1 Å². The molecule has 2 fully saturated rings. The van der Waals surface area contributed by atoms with Crippen molar-refractivity contribution in [3.63, 3.8) is 0 Å². The molecule has 0 amide bonds. The predicted octanol–water partition coefficient (Wildman–Crippen LogP) is 2.79. The van der Waals surface area contributed by atoms with E-state index in [2.05, 4.69) is 18.4 Å². The second-order valence-electron chi connectivity index (χ2n) is 6.34. The van der Waals surface area contributed by atoms with Gasteiger partial charge in [0.1, 0.15) is 0 Å². The monoisotopic (exact) mass is 236 g/mol. The lowest BCUT2D eigenvalue weighted by Gasteiger charge is -2.42. The van der Waals surface area contributed by atoms with Crippen LogP contribution in [0.5, 0.6) is 0 Å². The summed E-state index contributed by atoms with van der Waals surface area (Å²) in [6.45, 7) is 9.38. The van der Waals surface area contributed by atoms with Crippen LogP contribution in [0.15, 0.2) is 12.7 Å². The molecule has 2 nitrogen and oxygen atoms in total. The van der Waals surface area contributed by atoms with Crippen LogP contribution in [0.2, 0.25) is 0 Å². The summed E-state index contributed by atoms with van der Waals surface area (Å²) < 4.78 is 0. The van der Waals surface area contributed by atoms with Crippen LogP contribution >= 0.6 is 0 Å². The first kappa shape index (κ1) is 13.1. The SMILES string of the molecule is C=CCN(CC1(CN)CCC(C)CC1)C1CC1. The molecule has 0 unspecified atom stereocenters. The third kappa shape index (κ3) is 3.32. The first-order valence-corrected chi connectivity index (χ1v) is 7.24. The van der Waals surface area contributed by atoms with Crippen LogP contribution in [0.4, 0.5) is 0 Å². The molecule has 0 atom stereocenters. The van der Waals surface area contributed by atoms with E-state index in [0.29, 0.717) is 5.41 Å². The Kier molecular flexibility index (Phi) is 4.26. The Morgan fingerprint density at radius 3 is 2.41 bits per heavy atom. The number of hydrogen-bond acceptors (Lipinski definition) is 2. The van der Waals surface area contributed by atoms with Crippen molar-refractivity contribution < 1.29 is 0 Å². The average Bonchev–Trinajstić information content (AvgIpc) is 3.16. The Morgan fingerprint density at radius 2 is 1.94 bits per heavy atom. The van der Waals surface area contributed by atoms with Gasteiger partial charge < -0.3 is 5.73 Å². The van der Waals surface area contributed by atoms with Crippen LogP contribution in [0.3, 0.4) is 0 Å². The standard InChI is InChI=1S/C15H28N2/c1-3-10-17(14-4-5-14)12-15(11-16)8-6-13(2)7-9-15/h3,13-14H,1,4-12,16H2,2H3. The largest absolute Gasteiger partial charge is 0.330 e. The zero-order valence-corrected chi connectivity index (χ0v) is 11.3. The van der Waals surface area contributed by atoms with E-state index in [9.17, 15) is 0 Å². The number of nitrogens with zero attached hydrogens (tertiary/aromatic N) is 1. The van der Waals surface area contributed by atoms with Crippen molar-refractivity contribution in [3.05, 3.63) is 12.7 Å². The molecule has 0 spiro atoms. The van der Waals surface area contributed by atoms with Crippen LogP contribution in [0.25, 0.3) is 0 Å². The third-order valence-electron chi connectivity index (χ3n) is 4.73. The van der Waals surface area contributed by atoms with Crippen molar-refractivity contribution in [2.45, 2.75) is 51.5 Å². The smallest absolute Gasteiger partial charge is 0.0163 e. The highest BCUT2D eigenvalue weighted by molar-refractivity contribution is 4.95. The molecule has 17 heavy (non-hydrogen) atoms. The molecule has 2 rings (SSSR count). The van der Waals surface area contributed by atoms with Crippen LogP contribution in [0, 0.1) is 11.3 Å². The van der Waals surface area contributed by atoms with Crippen molar-refractivity contribution in [1.82, 2.24) is 4.90 Å². The Morgan fingerprint density at radius 1 is 1.29 bits per heavy atom. The van der Waals surface area contributed by atoms with Gasteiger partial charge in [-0.1, -0.05) is 25.8 Å². The topological polar surface area (TPSA) is 29.3 Å². The number of hydrogen-bond donors (Lipinski definition) is 1. The van der Waals surface area contributed by atoms with Crippen molar-refractivity contribution in [3.8, 4) is 0 Å². The maximum absolute atomic E-state index is 6.10. The zero-order chi connectivity index (χ0) is 12.3. The van der Waals surface area contributed by atoms with Crippen LogP contribution < -0.4 is 5.73 Å². The van der Waals surface area contributed by atoms with Gasteiger partial charge >= 0.3 is 0 Å². The van der Waals surface area contributed by atoms with E-state index in [1.54, 1.807) is 0 Å². The fraction of sp³-hybridized carbons (Fsp3) is 0.867. The van der Waals surface area contributed by atoms with E-state index in [4.69, 9.17) is 5.73 Å². The van der Waals surface area contributed by atoms with Crippen LogP contribution in [-0.2, 0) is 0 Å². The fourth-order valence-corrected chi connectivity index (χ4v) is 3.18. The summed E-state index contributed by atoms with van der Waals surface area (Å²) in [6, 6.07) is 0.829. The Hall–Kier alpha value is -0.340. The van der Waals surface area contributed by atoms with Crippen LogP contribution in [0.1, 0.15) is 45.4 Å². The van der Waals surface area contributed by atoms with Gasteiger partial charge in [0.05, 0.1) is 0 Å². The predicted molar refractivity (Wildman–Crippen MR) is 73.9 cm³/mol. The lowest BCUT2D eigenvalue weighted by molar-refractivity contribution is 0.0970. The summed E-state index contributed by atoms with van der Waals surface area (Å²) in [6.07, 6.45) is 10.2. The van der Waals surface area contributed by atoms with Gasteiger partial charge in [-0.25, -0.2) is 0 Å². The molecule has 2 heteroatoms. The van der Waals surface area contributed by atoms with E-state index in [1.807, 2.05) is 6.08 Å².